The predicted octanol–water partition coefficient (Wildman–Crippen LogP) is 3.95. The lowest BCUT2D eigenvalue weighted by Gasteiger charge is -2.13. The van der Waals surface area contributed by atoms with Crippen molar-refractivity contribution < 1.29 is 14.3 Å². The third-order valence-corrected chi connectivity index (χ3v) is 5.22. The van der Waals surface area contributed by atoms with Gasteiger partial charge in [0.15, 0.2) is 0 Å². The Bertz CT molecular complexity index is 934. The van der Waals surface area contributed by atoms with E-state index in [1.807, 2.05) is 29.6 Å². The first-order valence-corrected chi connectivity index (χ1v) is 9.65. The first-order chi connectivity index (χ1) is 13.2. The van der Waals surface area contributed by atoms with E-state index in [4.69, 9.17) is 4.74 Å². The first-order valence-electron chi connectivity index (χ1n) is 8.78. The van der Waals surface area contributed by atoms with Crippen LogP contribution in [0.2, 0.25) is 0 Å². The van der Waals surface area contributed by atoms with Crippen LogP contribution in [-0.4, -0.2) is 28.2 Å². The van der Waals surface area contributed by atoms with Crippen molar-refractivity contribution in [3.8, 4) is 5.75 Å². The molecule has 0 unspecified atom stereocenters. The Kier molecular flexibility index (Phi) is 4.98. The van der Waals surface area contributed by atoms with Crippen LogP contribution in [0.4, 0.5) is 0 Å². The monoisotopic (exact) mass is 378 g/mol. The van der Waals surface area contributed by atoms with Gasteiger partial charge in [-0.1, -0.05) is 24.3 Å². The van der Waals surface area contributed by atoms with E-state index in [1.54, 1.807) is 41.8 Å². The van der Waals surface area contributed by atoms with Gasteiger partial charge in [0.2, 0.25) is 0 Å². The molecule has 6 heteroatoms. The molecule has 0 fully saturated rings. The molecule has 1 aromatic heterocycles. The summed E-state index contributed by atoms with van der Waals surface area (Å²) >= 11 is 1.56. The standard InChI is InChI=1S/C21H18N2O3S/c24-20-17-8-1-2-9-18(17)21(25)23(20)11-4-6-15-5-3-7-16(13-15)26-14-19-22-10-12-27-19/h1-3,5,7-10,12-13H,4,6,11,14H2. The average Bonchev–Trinajstić information content (AvgIpc) is 3.30. The SMILES string of the molecule is O=C1c2ccccc2C(=O)N1CCCc1cccc(OCc2nccs2)c1. The number of benzene rings is 2. The van der Waals surface area contributed by atoms with Gasteiger partial charge in [-0.3, -0.25) is 14.5 Å². The molecule has 2 aromatic carbocycles. The largest absolute Gasteiger partial charge is 0.486 e. The van der Waals surface area contributed by atoms with Gasteiger partial charge in [0.25, 0.3) is 11.8 Å². The molecule has 2 heterocycles. The molecule has 0 bridgehead atoms. The minimum Gasteiger partial charge on any atom is -0.486 e. The molecule has 0 saturated heterocycles. The summed E-state index contributed by atoms with van der Waals surface area (Å²) in [7, 11) is 0. The van der Waals surface area contributed by atoms with E-state index in [1.165, 1.54) is 4.90 Å². The van der Waals surface area contributed by atoms with E-state index in [2.05, 4.69) is 4.98 Å². The molecule has 1 aliphatic rings. The van der Waals surface area contributed by atoms with E-state index in [-0.39, 0.29) is 11.8 Å². The Labute approximate surface area is 161 Å². The zero-order valence-corrected chi connectivity index (χ0v) is 15.4. The van der Waals surface area contributed by atoms with Crippen LogP contribution in [0.25, 0.3) is 0 Å². The van der Waals surface area contributed by atoms with Crippen molar-refractivity contribution in [1.82, 2.24) is 9.88 Å². The Morgan fingerprint density at radius 2 is 1.78 bits per heavy atom. The zero-order valence-electron chi connectivity index (χ0n) is 14.6. The first kappa shape index (κ1) is 17.4. The fourth-order valence-electron chi connectivity index (χ4n) is 3.14. The molecule has 27 heavy (non-hydrogen) atoms. The Hall–Kier alpha value is -2.99. The van der Waals surface area contributed by atoms with Crippen LogP contribution in [-0.2, 0) is 13.0 Å². The lowest BCUT2D eigenvalue weighted by Crippen LogP contribution is -2.30. The van der Waals surface area contributed by atoms with Gasteiger partial charge >= 0.3 is 0 Å². The highest BCUT2D eigenvalue weighted by Crippen LogP contribution is 2.23. The van der Waals surface area contributed by atoms with Crippen LogP contribution >= 0.6 is 11.3 Å². The van der Waals surface area contributed by atoms with Crippen molar-refractivity contribution in [2.45, 2.75) is 19.4 Å². The summed E-state index contributed by atoms with van der Waals surface area (Å²) < 4.78 is 5.78. The summed E-state index contributed by atoms with van der Waals surface area (Å²) in [5, 5.41) is 2.86. The van der Waals surface area contributed by atoms with Gasteiger partial charge in [-0.25, -0.2) is 4.98 Å². The lowest BCUT2D eigenvalue weighted by molar-refractivity contribution is 0.0652. The summed E-state index contributed by atoms with van der Waals surface area (Å²) in [5.74, 6) is 0.399. The molecule has 136 valence electrons. The number of hydrogen-bond donors (Lipinski definition) is 0. The summed E-state index contributed by atoms with van der Waals surface area (Å²) in [5.41, 5.74) is 2.11. The molecule has 5 nitrogen and oxygen atoms in total. The zero-order chi connectivity index (χ0) is 18.6. The number of hydrogen-bond acceptors (Lipinski definition) is 5. The van der Waals surface area contributed by atoms with Gasteiger partial charge in [0, 0.05) is 18.1 Å². The summed E-state index contributed by atoms with van der Waals surface area (Å²) in [4.78, 5) is 30.3. The van der Waals surface area contributed by atoms with Crippen molar-refractivity contribution in [3.63, 3.8) is 0 Å². The highest BCUT2D eigenvalue weighted by atomic mass is 32.1. The third kappa shape index (κ3) is 3.75. The van der Waals surface area contributed by atoms with Gasteiger partial charge in [-0.15, -0.1) is 11.3 Å². The second kappa shape index (κ2) is 7.72. The Balaban J connectivity index is 1.33. The summed E-state index contributed by atoms with van der Waals surface area (Å²) in [6.45, 7) is 0.868. The number of aryl methyl sites for hydroxylation is 1. The second-order valence-corrected chi connectivity index (χ2v) is 7.25. The topological polar surface area (TPSA) is 59.5 Å². The highest BCUT2D eigenvalue weighted by molar-refractivity contribution is 7.09. The number of nitrogens with zero attached hydrogens (tertiary/aromatic N) is 2. The smallest absolute Gasteiger partial charge is 0.261 e. The fourth-order valence-corrected chi connectivity index (χ4v) is 3.67. The summed E-state index contributed by atoms with van der Waals surface area (Å²) in [6, 6.07) is 14.9. The maximum atomic E-state index is 12.4. The minimum absolute atomic E-state index is 0.198. The Morgan fingerprint density at radius 3 is 2.48 bits per heavy atom. The van der Waals surface area contributed by atoms with Crippen LogP contribution in [0.15, 0.2) is 60.1 Å². The van der Waals surface area contributed by atoms with E-state index in [0.29, 0.717) is 30.7 Å². The molecular formula is C21H18N2O3S. The molecule has 0 spiro atoms. The van der Waals surface area contributed by atoms with Gasteiger partial charge in [0.05, 0.1) is 11.1 Å². The Morgan fingerprint density at radius 1 is 1.00 bits per heavy atom. The number of fused-ring (bicyclic) bond motifs is 1. The van der Waals surface area contributed by atoms with E-state index in [0.717, 1.165) is 22.7 Å². The van der Waals surface area contributed by atoms with Crippen molar-refractivity contribution in [1.29, 1.82) is 0 Å². The lowest BCUT2D eigenvalue weighted by atomic mass is 10.1. The molecule has 0 aliphatic carbocycles. The molecule has 0 N–H and O–H groups in total. The molecule has 1 aliphatic heterocycles. The number of carbonyl (C=O) groups excluding carboxylic acids is 2. The van der Waals surface area contributed by atoms with Crippen molar-refractivity contribution in [3.05, 3.63) is 81.8 Å². The predicted molar refractivity (Wildman–Crippen MR) is 103 cm³/mol. The minimum atomic E-state index is -0.198. The van der Waals surface area contributed by atoms with Gasteiger partial charge < -0.3 is 4.74 Å². The highest BCUT2D eigenvalue weighted by Gasteiger charge is 2.34. The molecule has 2 amide bonds. The molecule has 0 atom stereocenters. The summed E-state index contributed by atoms with van der Waals surface area (Å²) in [6.07, 6.45) is 3.24. The number of ether oxygens (including phenoxy) is 1. The van der Waals surface area contributed by atoms with Crippen LogP contribution in [0.5, 0.6) is 5.75 Å². The molecule has 0 radical (unpaired) electrons. The number of aromatic nitrogens is 1. The quantitative estimate of drug-likeness (QED) is 0.584. The van der Waals surface area contributed by atoms with Crippen LogP contribution in [0.3, 0.4) is 0 Å². The number of amides is 2. The molecule has 0 saturated carbocycles. The number of imide groups is 1. The van der Waals surface area contributed by atoms with Gasteiger partial charge in [-0.05, 0) is 42.7 Å². The normalized spacial score (nSPS) is 13.1. The number of rotatable bonds is 7. The number of carbonyl (C=O) groups is 2. The maximum absolute atomic E-state index is 12.4. The van der Waals surface area contributed by atoms with E-state index >= 15 is 0 Å². The van der Waals surface area contributed by atoms with E-state index in [9.17, 15) is 9.59 Å². The van der Waals surface area contributed by atoms with Crippen molar-refractivity contribution in [2.75, 3.05) is 6.54 Å². The molecular weight excluding hydrogens is 360 g/mol. The van der Waals surface area contributed by atoms with Crippen LogP contribution < -0.4 is 4.74 Å². The van der Waals surface area contributed by atoms with Crippen LogP contribution in [0.1, 0.15) is 37.7 Å². The fraction of sp³-hybridized carbons (Fsp3) is 0.190. The maximum Gasteiger partial charge on any atom is 0.261 e. The second-order valence-electron chi connectivity index (χ2n) is 6.27. The molecule has 3 aromatic rings. The third-order valence-electron chi connectivity index (χ3n) is 4.47. The van der Waals surface area contributed by atoms with Crippen LogP contribution in [0, 0.1) is 0 Å². The van der Waals surface area contributed by atoms with E-state index < -0.39 is 0 Å². The van der Waals surface area contributed by atoms with Gasteiger partial charge in [-0.2, -0.15) is 0 Å². The van der Waals surface area contributed by atoms with Crippen molar-refractivity contribution in [2.24, 2.45) is 0 Å². The van der Waals surface area contributed by atoms with Gasteiger partial charge in [0.1, 0.15) is 17.4 Å². The average molecular weight is 378 g/mol. The van der Waals surface area contributed by atoms with Crippen molar-refractivity contribution >= 4 is 23.2 Å². The molecule has 4 rings (SSSR count). The number of thiazole rings is 1.